The maximum atomic E-state index is 4.28. The number of hydrogen-bond acceptors (Lipinski definition) is 1. The van der Waals surface area contributed by atoms with Crippen molar-refractivity contribution in [3.8, 4) is 0 Å². The molecule has 0 saturated carbocycles. The van der Waals surface area contributed by atoms with E-state index in [9.17, 15) is 0 Å². The van der Waals surface area contributed by atoms with E-state index in [1.807, 2.05) is 42.6 Å². The fourth-order valence-electron chi connectivity index (χ4n) is 1.25. The molecule has 2 rings (SSSR count). The summed E-state index contributed by atoms with van der Waals surface area (Å²) < 4.78 is 0. The van der Waals surface area contributed by atoms with Gasteiger partial charge in [-0.2, -0.15) is 18.2 Å². The minimum Gasteiger partial charge on any atom is -0.320 e. The monoisotopic (exact) mass is 360 g/mol. The van der Waals surface area contributed by atoms with E-state index in [1.54, 1.807) is 0 Å². The molecule has 1 nitrogen and oxygen atoms in total. The van der Waals surface area contributed by atoms with Crippen molar-refractivity contribution in [3.63, 3.8) is 0 Å². The molecule has 0 spiro atoms. The zero-order chi connectivity index (χ0) is 8.93. The molecule has 14 heavy (non-hydrogen) atoms. The van der Waals surface area contributed by atoms with Gasteiger partial charge in [-0.15, -0.1) is 11.6 Å². The second kappa shape index (κ2) is 5.68. The third-order valence-electron chi connectivity index (χ3n) is 1.90. The van der Waals surface area contributed by atoms with Crippen molar-refractivity contribution in [1.29, 1.82) is 0 Å². The van der Waals surface area contributed by atoms with E-state index in [2.05, 4.69) is 17.1 Å². The Bertz CT molecular complexity index is 363. The van der Waals surface area contributed by atoms with Gasteiger partial charge < -0.3 is 4.98 Å². The largest absolute Gasteiger partial charge is 1.00 e. The molecule has 1 aliphatic rings. The van der Waals surface area contributed by atoms with Crippen molar-refractivity contribution < 1.29 is 19.8 Å². The van der Waals surface area contributed by atoms with E-state index in [4.69, 9.17) is 0 Å². The van der Waals surface area contributed by atoms with Crippen LogP contribution in [-0.4, -0.2) is 4.98 Å². The molecule has 1 radical (unpaired) electrons. The van der Waals surface area contributed by atoms with Gasteiger partial charge in [0.05, 0.1) is 0 Å². The van der Waals surface area contributed by atoms with Gasteiger partial charge in [0.1, 0.15) is 0 Å². The molecule has 0 aromatic carbocycles. The second-order valence-corrected chi connectivity index (χ2v) is 2.83. The Morgan fingerprint density at radius 2 is 2.14 bits per heavy atom. The van der Waals surface area contributed by atoms with Gasteiger partial charge in [-0.25, -0.2) is 0 Å². The summed E-state index contributed by atoms with van der Waals surface area (Å²) in [4.78, 5) is 4.28. The summed E-state index contributed by atoms with van der Waals surface area (Å²) in [5.41, 5.74) is 2.16. The van der Waals surface area contributed by atoms with Gasteiger partial charge >= 0.3 is 19.8 Å². The number of hydrogen-bond donors (Lipinski definition) is 0. The number of rotatable bonds is 1. The molecule has 1 heterocycles. The first kappa shape index (κ1) is 11.1. The molecule has 1 aromatic heterocycles. The van der Waals surface area contributed by atoms with Crippen LogP contribution in [0.3, 0.4) is 0 Å². The van der Waals surface area contributed by atoms with E-state index >= 15 is 0 Å². The van der Waals surface area contributed by atoms with Gasteiger partial charge in [-0.05, 0) is 18.2 Å². The molecule has 1 aromatic rings. The fraction of sp³-hybridized carbons (Fsp3) is 0.0833. The number of pyridine rings is 1. The second-order valence-electron chi connectivity index (χ2n) is 2.83. The Hall–Kier alpha value is -0.994. The van der Waals surface area contributed by atoms with Crippen LogP contribution in [0, 0.1) is 6.08 Å². The molecule has 0 atom stereocenters. The maximum Gasteiger partial charge on any atom is 1.00 e. The summed E-state index contributed by atoms with van der Waals surface area (Å²) >= 11 is 0. The SMILES string of the molecule is [C-]1=C(c2ccccn2)CC=CC=C1.[Os+]. The van der Waals surface area contributed by atoms with Crippen LogP contribution in [0.15, 0.2) is 48.7 Å². The van der Waals surface area contributed by atoms with Gasteiger partial charge in [0.15, 0.2) is 0 Å². The molecule has 71 valence electrons. The van der Waals surface area contributed by atoms with E-state index < -0.39 is 0 Å². The molecule has 1 aliphatic carbocycles. The fourth-order valence-corrected chi connectivity index (χ4v) is 1.25. The van der Waals surface area contributed by atoms with Crippen LogP contribution in [0.4, 0.5) is 0 Å². The summed E-state index contributed by atoms with van der Waals surface area (Å²) in [6.07, 6.45) is 14.0. The Morgan fingerprint density at radius 1 is 1.21 bits per heavy atom. The third-order valence-corrected chi connectivity index (χ3v) is 1.90. The van der Waals surface area contributed by atoms with Crippen LogP contribution >= 0.6 is 0 Å². The zero-order valence-corrected chi connectivity index (χ0v) is 10.2. The van der Waals surface area contributed by atoms with E-state index in [0.29, 0.717) is 0 Å². The minimum atomic E-state index is 0. The molecular formula is C12H10NOs. The van der Waals surface area contributed by atoms with Crippen molar-refractivity contribution in [2.45, 2.75) is 6.42 Å². The predicted octanol–water partition coefficient (Wildman–Crippen LogP) is 2.78. The average molecular weight is 358 g/mol. The van der Waals surface area contributed by atoms with Crippen LogP contribution in [-0.2, 0) is 19.8 Å². The van der Waals surface area contributed by atoms with Crippen molar-refractivity contribution in [3.05, 3.63) is 60.5 Å². The van der Waals surface area contributed by atoms with Crippen molar-refractivity contribution in [1.82, 2.24) is 4.98 Å². The smallest absolute Gasteiger partial charge is 0.320 e. The molecule has 0 bridgehead atoms. The van der Waals surface area contributed by atoms with Crippen molar-refractivity contribution in [2.24, 2.45) is 0 Å². The van der Waals surface area contributed by atoms with E-state index in [0.717, 1.165) is 17.7 Å². The molecule has 0 N–H and O–H groups in total. The predicted molar refractivity (Wildman–Crippen MR) is 53.8 cm³/mol. The van der Waals surface area contributed by atoms with Gasteiger partial charge in [-0.3, -0.25) is 0 Å². The molecule has 0 aliphatic heterocycles. The Morgan fingerprint density at radius 3 is 2.93 bits per heavy atom. The summed E-state index contributed by atoms with van der Waals surface area (Å²) in [6.45, 7) is 0. The Kier molecular flexibility index (Phi) is 4.49. The van der Waals surface area contributed by atoms with Crippen LogP contribution < -0.4 is 0 Å². The topological polar surface area (TPSA) is 12.9 Å². The van der Waals surface area contributed by atoms with Crippen LogP contribution in [0.5, 0.6) is 0 Å². The molecule has 0 saturated heterocycles. The van der Waals surface area contributed by atoms with Crippen LogP contribution in [0.25, 0.3) is 5.57 Å². The molecule has 0 amide bonds. The third kappa shape index (κ3) is 2.75. The van der Waals surface area contributed by atoms with Gasteiger partial charge in [-0.1, -0.05) is 18.2 Å². The first-order valence-electron chi connectivity index (χ1n) is 4.32. The Labute approximate surface area is 97.3 Å². The Balaban J connectivity index is 0.000000980. The molecule has 0 fully saturated rings. The van der Waals surface area contributed by atoms with E-state index in [-0.39, 0.29) is 19.8 Å². The quantitative estimate of drug-likeness (QED) is 0.704. The summed E-state index contributed by atoms with van der Waals surface area (Å²) in [7, 11) is 0. The number of nitrogens with zero attached hydrogens (tertiary/aromatic N) is 1. The van der Waals surface area contributed by atoms with Crippen molar-refractivity contribution in [2.75, 3.05) is 0 Å². The van der Waals surface area contributed by atoms with Crippen LogP contribution in [0.2, 0.25) is 0 Å². The normalized spacial score (nSPS) is 14.1. The standard InChI is InChI=1S/C12H10N.Os/c1-2-4-8-11(7-3-1)12-9-5-6-10-13-12;/h1-6,9-10H,7H2;/q-1;+1. The first-order valence-corrected chi connectivity index (χ1v) is 4.32. The van der Waals surface area contributed by atoms with Gasteiger partial charge in [0, 0.05) is 6.20 Å². The molecule has 0 unspecified atom stereocenters. The van der Waals surface area contributed by atoms with Gasteiger partial charge in [0.25, 0.3) is 0 Å². The summed E-state index contributed by atoms with van der Waals surface area (Å²) in [6, 6.07) is 5.93. The average Bonchev–Trinajstić information content (AvgIpc) is 2.47. The first-order chi connectivity index (χ1) is 6.47. The summed E-state index contributed by atoms with van der Waals surface area (Å²) in [5, 5.41) is 0. The zero-order valence-electron chi connectivity index (χ0n) is 7.63. The van der Waals surface area contributed by atoms with Gasteiger partial charge in [0.2, 0.25) is 0 Å². The number of aromatic nitrogens is 1. The molecular weight excluding hydrogens is 348 g/mol. The van der Waals surface area contributed by atoms with Crippen LogP contribution in [0.1, 0.15) is 12.1 Å². The summed E-state index contributed by atoms with van der Waals surface area (Å²) in [5.74, 6) is 0. The molecule has 2 heteroatoms. The van der Waals surface area contributed by atoms with E-state index in [1.165, 1.54) is 0 Å². The maximum absolute atomic E-state index is 4.28. The van der Waals surface area contributed by atoms with Crippen molar-refractivity contribution >= 4 is 5.57 Å². The number of allylic oxidation sites excluding steroid dienone is 6. The minimum absolute atomic E-state index is 0.